The van der Waals surface area contributed by atoms with Crippen LogP contribution in [0.5, 0.6) is 0 Å². The first-order chi connectivity index (χ1) is 39.6. The molecule has 0 saturated heterocycles. The molecule has 386 valence electrons. The van der Waals surface area contributed by atoms with Crippen molar-refractivity contribution in [3.05, 3.63) is 259 Å². The molecule has 16 rings (SSSR count). The minimum atomic E-state index is -2.20. The van der Waals surface area contributed by atoms with Crippen LogP contribution in [-0.4, -0.2) is 42.4 Å². The van der Waals surface area contributed by atoms with Crippen molar-refractivity contribution in [2.45, 2.75) is 20.7 Å². The van der Waals surface area contributed by atoms with Gasteiger partial charge in [0.2, 0.25) is 11.6 Å². The number of hydrogen-bond acceptors (Lipinski definition) is 4. The van der Waals surface area contributed by atoms with E-state index >= 15 is 0 Å². The number of para-hydroxylation sites is 4. The van der Waals surface area contributed by atoms with Gasteiger partial charge >= 0.3 is 42.1 Å². The van der Waals surface area contributed by atoms with Gasteiger partial charge in [0.15, 0.2) is 0 Å². The fourth-order valence-corrected chi connectivity index (χ4v) is 11.1. The van der Waals surface area contributed by atoms with Gasteiger partial charge in [-0.05, 0) is 132 Å². The van der Waals surface area contributed by atoms with Gasteiger partial charge in [-0.3, -0.25) is 22.9 Å². The molecule has 9 aromatic carbocycles. The van der Waals surface area contributed by atoms with Gasteiger partial charge in [-0.25, -0.2) is 9.97 Å². The molecule has 0 unspecified atom stereocenters. The Balaban J connectivity index is 0.000000152. The van der Waals surface area contributed by atoms with Crippen molar-refractivity contribution in [3.63, 3.8) is 0 Å². The largest absolute Gasteiger partial charge is 2.00 e. The summed E-state index contributed by atoms with van der Waals surface area (Å²) in [6.45, 7) is 1.98. The summed E-state index contributed by atoms with van der Waals surface area (Å²) in [5.74, 6) is 2.42. The Bertz CT molecular complexity index is 5110. The SMILES string of the molecule is Cc1ccc2nc3n(-c4[c-]c(-c5cccc(-n6c7[c-]cccc7c7ccccc76)n5)ccc4)c4ccccc4n3c2c1.[2H]C([2H])([2H])c1ccc2c(c1)nc1n(-c3[c-]c(-c4cccc(-c5[c-]cccc5)n4)ccc3)c3ccc(C)cc3n21.[Pt+2].[Pt+2]. The van der Waals surface area contributed by atoms with E-state index in [1.54, 1.807) is 12.1 Å². The van der Waals surface area contributed by atoms with Crippen LogP contribution in [0, 0.1) is 45.0 Å². The second kappa shape index (κ2) is 20.3. The Hall–Kier alpha value is -9.00. The quantitative estimate of drug-likeness (QED) is 0.156. The average molecular weight is 1390 g/mol. The predicted octanol–water partition coefficient (Wildman–Crippen LogP) is 15.9. The molecule has 0 atom stereocenters. The molecular weight excluding hydrogens is 1340 g/mol. The first-order valence-electron chi connectivity index (χ1n) is 27.3. The summed E-state index contributed by atoms with van der Waals surface area (Å²) >= 11 is 0. The normalized spacial score (nSPS) is 12.2. The summed E-state index contributed by atoms with van der Waals surface area (Å²) in [5.41, 5.74) is 19.5. The summed E-state index contributed by atoms with van der Waals surface area (Å²) in [5, 5.41) is 2.36. The molecule has 0 radical (unpaired) electrons. The topological polar surface area (TPSA) is 75.2 Å². The van der Waals surface area contributed by atoms with E-state index in [0.29, 0.717) is 11.3 Å². The Morgan fingerprint density at radius 1 is 0.375 bits per heavy atom. The van der Waals surface area contributed by atoms with Gasteiger partial charge in [0.05, 0.1) is 44.1 Å². The zero-order chi connectivity index (χ0) is 54.5. The van der Waals surface area contributed by atoms with Crippen LogP contribution < -0.4 is 0 Å². The minimum Gasteiger partial charge on any atom is -0.345 e. The molecule has 0 fully saturated rings. The van der Waals surface area contributed by atoms with Gasteiger partial charge in [0.25, 0.3) is 0 Å². The molecule has 80 heavy (non-hydrogen) atoms. The van der Waals surface area contributed by atoms with Crippen molar-refractivity contribution < 1.29 is 46.2 Å². The molecule has 0 amide bonds. The second-order valence-electron chi connectivity index (χ2n) is 19.6. The number of benzene rings is 9. The molecule has 0 saturated carbocycles. The van der Waals surface area contributed by atoms with Crippen molar-refractivity contribution in [2.75, 3.05) is 0 Å². The molecule has 0 aliphatic heterocycles. The van der Waals surface area contributed by atoms with E-state index in [-0.39, 0.29) is 47.7 Å². The number of fused-ring (bicyclic) bond motifs is 13. The zero-order valence-corrected chi connectivity index (χ0v) is 47.5. The van der Waals surface area contributed by atoms with E-state index in [4.69, 9.17) is 24.0 Å². The molecule has 0 bridgehead atoms. The van der Waals surface area contributed by atoms with Crippen LogP contribution >= 0.6 is 0 Å². The predicted molar refractivity (Wildman–Crippen MR) is 315 cm³/mol. The van der Waals surface area contributed by atoms with Crippen LogP contribution in [0.4, 0.5) is 0 Å². The first kappa shape index (κ1) is 47.0. The van der Waals surface area contributed by atoms with Crippen molar-refractivity contribution in [3.8, 4) is 51.0 Å². The Morgan fingerprint density at radius 2 is 0.938 bits per heavy atom. The third-order valence-electron chi connectivity index (χ3n) is 14.6. The van der Waals surface area contributed by atoms with Crippen LogP contribution in [-0.2, 0) is 42.1 Å². The molecule has 0 aliphatic carbocycles. The van der Waals surface area contributed by atoms with E-state index in [0.717, 1.165) is 112 Å². The molecule has 9 nitrogen and oxygen atoms in total. The number of pyridine rings is 2. The summed E-state index contributed by atoms with van der Waals surface area (Å²) < 4.78 is 34.3. The number of hydrogen-bond donors (Lipinski definition) is 0. The summed E-state index contributed by atoms with van der Waals surface area (Å²) in [7, 11) is 0. The van der Waals surface area contributed by atoms with Crippen molar-refractivity contribution in [1.29, 1.82) is 0 Å². The van der Waals surface area contributed by atoms with E-state index in [9.17, 15) is 0 Å². The zero-order valence-electron chi connectivity index (χ0n) is 45.9. The molecule has 0 aliphatic rings. The van der Waals surface area contributed by atoms with Gasteiger partial charge < -0.3 is 9.55 Å². The van der Waals surface area contributed by atoms with Gasteiger partial charge in [-0.15, -0.1) is 101 Å². The van der Waals surface area contributed by atoms with Crippen LogP contribution in [0.15, 0.2) is 218 Å². The van der Waals surface area contributed by atoms with Crippen molar-refractivity contribution >= 4 is 77.5 Å². The fourth-order valence-electron chi connectivity index (χ4n) is 11.1. The number of imidazole rings is 4. The Morgan fingerprint density at radius 3 is 1.69 bits per heavy atom. The van der Waals surface area contributed by atoms with Crippen LogP contribution in [0.25, 0.3) is 128 Å². The Kier molecular flexibility index (Phi) is 12.0. The molecule has 11 heteroatoms. The van der Waals surface area contributed by atoms with Crippen molar-refractivity contribution in [1.82, 2.24) is 42.4 Å². The number of aromatic nitrogens is 9. The fraction of sp³-hybridized carbons (Fsp3) is 0.0435. The Labute approximate surface area is 493 Å². The van der Waals surface area contributed by atoms with E-state index in [1.165, 1.54) is 16.3 Å². The minimum absolute atomic E-state index is 0. The maximum Gasteiger partial charge on any atom is 2.00 e. The van der Waals surface area contributed by atoms with Gasteiger partial charge in [0.1, 0.15) is 5.82 Å². The van der Waals surface area contributed by atoms with E-state index in [2.05, 4.69) is 182 Å². The molecule has 7 heterocycles. The summed E-state index contributed by atoms with van der Waals surface area (Å²) in [6, 6.07) is 87.0. The molecule has 16 aromatic rings. The van der Waals surface area contributed by atoms with Gasteiger partial charge in [-0.2, -0.15) is 24.3 Å². The first-order valence-corrected chi connectivity index (χ1v) is 25.8. The van der Waals surface area contributed by atoms with Gasteiger partial charge in [0, 0.05) is 9.63 Å². The van der Waals surface area contributed by atoms with E-state index < -0.39 is 6.85 Å². The third kappa shape index (κ3) is 8.39. The van der Waals surface area contributed by atoms with Crippen molar-refractivity contribution in [2.24, 2.45) is 0 Å². The number of rotatable bonds is 6. The summed E-state index contributed by atoms with van der Waals surface area (Å²) in [4.78, 5) is 20.0. The van der Waals surface area contributed by atoms with Gasteiger partial charge in [-0.1, -0.05) is 84.4 Å². The maximum atomic E-state index is 7.84. The summed E-state index contributed by atoms with van der Waals surface area (Å²) in [6.07, 6.45) is 0. The molecule has 0 spiro atoms. The third-order valence-corrected chi connectivity index (χ3v) is 14.6. The number of nitrogens with zero attached hydrogens (tertiary/aromatic N) is 9. The molecule has 7 aromatic heterocycles. The average Bonchev–Trinajstić information content (AvgIpc) is 2.78. The molecular formula is C69H45N9Pt2. The molecule has 0 N–H and O–H groups in total. The van der Waals surface area contributed by atoms with Crippen LogP contribution in [0.1, 0.15) is 20.8 Å². The maximum absolute atomic E-state index is 7.84. The number of aryl methyl sites for hydroxylation is 3. The smallest absolute Gasteiger partial charge is 0.345 e. The monoisotopic (exact) mass is 1390 g/mol. The standard InChI is InChI=1S/C37H23N5.C32H22N4.2Pt/c1-24-20-21-30-35(22-24)42-34-18-7-6-17-33(34)40(37(42)39-30)26-11-8-10-25(23-26)29-14-9-19-36(38-29)41-31-15-4-2-12-27(31)28-13-3-5-16-32(28)41;1-21-14-16-29-28(18-21)34-32-35(30-17-15-22(2)19-31(30)36(29)32)25-11-6-10-24(20-25)27-13-7-12-26(33-27)23-8-4-3-5-9-23;;/h2-15,17-22H,1H3;3-8,10-19H,1-2H3;;/q2*-2;2*+2/i;1D3;;. The van der Waals surface area contributed by atoms with E-state index in [1.807, 2.05) is 84.9 Å². The van der Waals surface area contributed by atoms with Crippen LogP contribution in [0.2, 0.25) is 0 Å². The second-order valence-corrected chi connectivity index (χ2v) is 19.6. The van der Waals surface area contributed by atoms with Crippen LogP contribution in [0.3, 0.4) is 0 Å².